The molecule has 0 aliphatic rings. The molecule has 0 saturated heterocycles. The third-order valence-corrected chi connectivity index (χ3v) is 11.3. The highest BCUT2D eigenvalue weighted by molar-refractivity contribution is 5.71. The summed E-state index contributed by atoms with van der Waals surface area (Å²) in [5.74, 6) is 0.800. The first-order valence-electron chi connectivity index (χ1n) is 24.3. The molecule has 0 aliphatic heterocycles. The zero-order valence-electron chi connectivity index (χ0n) is 37.6. The molecule has 0 fully saturated rings. The smallest absolute Gasteiger partial charge is 0.306 e. The SMILES string of the molecule is CCCCCCCCCCCCC(=O)O[C@H](COC(=O)CCCCCCCCCCCCCCCCC(C)CC)COC(=O)CCCCCCCCC(C)C. The Labute approximate surface area is 342 Å². The van der Waals surface area contributed by atoms with Crippen molar-refractivity contribution in [3.05, 3.63) is 0 Å². The van der Waals surface area contributed by atoms with E-state index in [-0.39, 0.29) is 31.1 Å². The normalized spacial score (nSPS) is 12.5. The number of hydrogen-bond donors (Lipinski definition) is 0. The van der Waals surface area contributed by atoms with E-state index in [1.54, 1.807) is 0 Å². The summed E-state index contributed by atoms with van der Waals surface area (Å²) in [5, 5.41) is 0. The Bertz CT molecular complexity index is 841. The molecule has 0 heterocycles. The molecule has 1 unspecified atom stereocenters. The van der Waals surface area contributed by atoms with Gasteiger partial charge in [0.1, 0.15) is 13.2 Å². The topological polar surface area (TPSA) is 78.9 Å². The minimum absolute atomic E-state index is 0.0650. The van der Waals surface area contributed by atoms with E-state index in [0.717, 1.165) is 69.6 Å². The molecule has 0 amide bonds. The maximum Gasteiger partial charge on any atom is 0.306 e. The number of unbranched alkanes of at least 4 members (excludes halogenated alkanes) is 27. The van der Waals surface area contributed by atoms with Gasteiger partial charge in [-0.15, -0.1) is 0 Å². The molecule has 6 heteroatoms. The van der Waals surface area contributed by atoms with Crippen molar-refractivity contribution in [3.8, 4) is 0 Å². The number of rotatable bonds is 43. The molecule has 0 rings (SSSR count). The minimum Gasteiger partial charge on any atom is -0.462 e. The number of esters is 3. The Kier molecular flexibility index (Phi) is 40.8. The lowest BCUT2D eigenvalue weighted by Crippen LogP contribution is -2.30. The standard InChI is InChI=1S/C49H94O6/c1-6-8-9-10-11-12-20-24-31-36-41-49(52)55-46(43-54-48(51)40-35-30-26-25-27-32-37-44(3)4)42-53-47(50)39-34-29-23-21-18-16-14-13-15-17-19-22-28-33-38-45(5)7-2/h44-46H,6-43H2,1-5H3/t45?,46-/m1/s1. The molecular formula is C49H94O6. The second-order valence-corrected chi connectivity index (χ2v) is 17.5. The van der Waals surface area contributed by atoms with Crippen LogP contribution in [0.4, 0.5) is 0 Å². The second-order valence-electron chi connectivity index (χ2n) is 17.5. The van der Waals surface area contributed by atoms with E-state index in [1.807, 2.05) is 0 Å². The molecule has 55 heavy (non-hydrogen) atoms. The van der Waals surface area contributed by atoms with Crippen molar-refractivity contribution in [3.63, 3.8) is 0 Å². The van der Waals surface area contributed by atoms with Crippen molar-refractivity contribution < 1.29 is 28.6 Å². The monoisotopic (exact) mass is 779 g/mol. The molecule has 0 aromatic heterocycles. The zero-order chi connectivity index (χ0) is 40.5. The summed E-state index contributed by atoms with van der Waals surface area (Å²) in [6, 6.07) is 0. The maximum atomic E-state index is 12.7. The van der Waals surface area contributed by atoms with E-state index in [9.17, 15) is 14.4 Å². The summed E-state index contributed by atoms with van der Waals surface area (Å²) in [5.41, 5.74) is 0. The van der Waals surface area contributed by atoms with Gasteiger partial charge >= 0.3 is 17.9 Å². The predicted octanol–water partition coefficient (Wildman–Crippen LogP) is 15.4. The Balaban J connectivity index is 4.23. The average molecular weight is 779 g/mol. The van der Waals surface area contributed by atoms with Crippen LogP contribution in [0.25, 0.3) is 0 Å². The van der Waals surface area contributed by atoms with Gasteiger partial charge in [-0.25, -0.2) is 0 Å². The molecule has 2 atom stereocenters. The van der Waals surface area contributed by atoms with Crippen LogP contribution in [0.3, 0.4) is 0 Å². The number of carbonyl (C=O) groups is 3. The van der Waals surface area contributed by atoms with Crippen molar-refractivity contribution in [2.24, 2.45) is 11.8 Å². The minimum atomic E-state index is -0.760. The summed E-state index contributed by atoms with van der Waals surface area (Å²) < 4.78 is 16.7. The Morgan fingerprint density at radius 3 is 1.04 bits per heavy atom. The van der Waals surface area contributed by atoms with Crippen LogP contribution in [-0.2, 0) is 28.6 Å². The maximum absolute atomic E-state index is 12.7. The van der Waals surface area contributed by atoms with Gasteiger partial charge in [-0.1, -0.05) is 227 Å². The lowest BCUT2D eigenvalue weighted by atomic mass is 9.99. The van der Waals surface area contributed by atoms with Gasteiger partial charge in [0.15, 0.2) is 6.10 Å². The highest BCUT2D eigenvalue weighted by atomic mass is 16.6. The molecule has 0 spiro atoms. The molecule has 0 bridgehead atoms. The van der Waals surface area contributed by atoms with Crippen LogP contribution >= 0.6 is 0 Å². The lowest BCUT2D eigenvalue weighted by Gasteiger charge is -2.18. The van der Waals surface area contributed by atoms with E-state index in [4.69, 9.17) is 14.2 Å². The first-order chi connectivity index (χ1) is 26.8. The van der Waals surface area contributed by atoms with Crippen molar-refractivity contribution in [2.75, 3.05) is 13.2 Å². The largest absolute Gasteiger partial charge is 0.462 e. The molecule has 326 valence electrons. The molecule has 6 nitrogen and oxygen atoms in total. The molecule has 0 aliphatic carbocycles. The summed E-state index contributed by atoms with van der Waals surface area (Å²) >= 11 is 0. The lowest BCUT2D eigenvalue weighted by molar-refractivity contribution is -0.167. The van der Waals surface area contributed by atoms with E-state index in [2.05, 4.69) is 34.6 Å². The molecule has 0 aromatic carbocycles. The van der Waals surface area contributed by atoms with Gasteiger partial charge in [0.2, 0.25) is 0 Å². The third kappa shape index (κ3) is 41.9. The van der Waals surface area contributed by atoms with Gasteiger partial charge in [0, 0.05) is 19.3 Å². The van der Waals surface area contributed by atoms with E-state index in [0.29, 0.717) is 19.3 Å². The van der Waals surface area contributed by atoms with E-state index in [1.165, 1.54) is 154 Å². The zero-order valence-corrected chi connectivity index (χ0v) is 37.6. The fraction of sp³-hybridized carbons (Fsp3) is 0.939. The predicted molar refractivity (Wildman–Crippen MR) is 233 cm³/mol. The van der Waals surface area contributed by atoms with Gasteiger partial charge in [-0.2, -0.15) is 0 Å². The number of carbonyl (C=O) groups excluding carboxylic acids is 3. The quantitative estimate of drug-likeness (QED) is 0.0348. The molecule has 0 aromatic rings. The van der Waals surface area contributed by atoms with Crippen LogP contribution in [0, 0.1) is 11.8 Å². The van der Waals surface area contributed by atoms with Crippen molar-refractivity contribution >= 4 is 17.9 Å². The summed E-state index contributed by atoms with van der Waals surface area (Å²) in [4.78, 5) is 37.7. The van der Waals surface area contributed by atoms with Gasteiger partial charge in [-0.05, 0) is 31.1 Å². The number of ether oxygens (including phenoxy) is 3. The molecule has 0 radical (unpaired) electrons. The van der Waals surface area contributed by atoms with Crippen LogP contribution in [0.15, 0.2) is 0 Å². The fourth-order valence-corrected chi connectivity index (χ4v) is 7.25. The van der Waals surface area contributed by atoms with Crippen LogP contribution in [0.2, 0.25) is 0 Å². The van der Waals surface area contributed by atoms with Crippen molar-refractivity contribution in [1.82, 2.24) is 0 Å². The Morgan fingerprint density at radius 2 is 0.691 bits per heavy atom. The second kappa shape index (κ2) is 42.0. The van der Waals surface area contributed by atoms with Gasteiger partial charge in [-0.3, -0.25) is 14.4 Å². The van der Waals surface area contributed by atoms with Crippen molar-refractivity contribution in [1.29, 1.82) is 0 Å². The Hall–Kier alpha value is -1.59. The summed E-state index contributed by atoms with van der Waals surface area (Å²) in [6.45, 7) is 11.3. The summed E-state index contributed by atoms with van der Waals surface area (Å²) in [7, 11) is 0. The highest BCUT2D eigenvalue weighted by Gasteiger charge is 2.19. The average Bonchev–Trinajstić information content (AvgIpc) is 3.17. The fourth-order valence-electron chi connectivity index (χ4n) is 7.25. The van der Waals surface area contributed by atoms with E-state index >= 15 is 0 Å². The molecule has 0 saturated carbocycles. The van der Waals surface area contributed by atoms with Gasteiger partial charge in [0.25, 0.3) is 0 Å². The Morgan fingerprint density at radius 1 is 0.382 bits per heavy atom. The van der Waals surface area contributed by atoms with Crippen LogP contribution in [0.1, 0.15) is 266 Å². The first kappa shape index (κ1) is 53.4. The van der Waals surface area contributed by atoms with Crippen LogP contribution < -0.4 is 0 Å². The van der Waals surface area contributed by atoms with Crippen LogP contribution in [0.5, 0.6) is 0 Å². The first-order valence-corrected chi connectivity index (χ1v) is 24.3. The highest BCUT2D eigenvalue weighted by Crippen LogP contribution is 2.17. The van der Waals surface area contributed by atoms with Crippen molar-refractivity contribution in [2.45, 2.75) is 272 Å². The van der Waals surface area contributed by atoms with E-state index < -0.39 is 6.10 Å². The molecular weight excluding hydrogens is 685 g/mol. The molecule has 0 N–H and O–H groups in total. The third-order valence-electron chi connectivity index (χ3n) is 11.3. The number of hydrogen-bond acceptors (Lipinski definition) is 6. The van der Waals surface area contributed by atoms with Gasteiger partial charge in [0.05, 0.1) is 0 Å². The van der Waals surface area contributed by atoms with Crippen LogP contribution in [-0.4, -0.2) is 37.2 Å². The summed E-state index contributed by atoms with van der Waals surface area (Å²) in [6.07, 6.45) is 41.0. The van der Waals surface area contributed by atoms with Gasteiger partial charge < -0.3 is 14.2 Å².